The number of aromatic nitrogens is 2. The van der Waals surface area contributed by atoms with E-state index in [0.29, 0.717) is 12.2 Å². The highest BCUT2D eigenvalue weighted by molar-refractivity contribution is 5.95. The zero-order valence-corrected chi connectivity index (χ0v) is 12.8. The van der Waals surface area contributed by atoms with Crippen molar-refractivity contribution < 1.29 is 9.53 Å². The molecule has 1 aromatic carbocycles. The number of hydrogen-bond acceptors (Lipinski definition) is 3. The second kappa shape index (κ2) is 5.43. The van der Waals surface area contributed by atoms with Crippen molar-refractivity contribution in [1.29, 1.82) is 0 Å². The summed E-state index contributed by atoms with van der Waals surface area (Å²) in [6.45, 7) is 2.61. The predicted molar refractivity (Wildman–Crippen MR) is 86.8 cm³/mol. The molecule has 0 bridgehead atoms. The lowest BCUT2D eigenvalue weighted by atomic mass is 9.94. The molecule has 0 saturated carbocycles. The number of benzene rings is 1. The average Bonchev–Trinajstić information content (AvgIpc) is 3.20. The summed E-state index contributed by atoms with van der Waals surface area (Å²) in [7, 11) is 0. The summed E-state index contributed by atoms with van der Waals surface area (Å²) >= 11 is 0. The van der Waals surface area contributed by atoms with Gasteiger partial charge >= 0.3 is 0 Å². The van der Waals surface area contributed by atoms with Gasteiger partial charge in [-0.2, -0.15) is 0 Å². The summed E-state index contributed by atoms with van der Waals surface area (Å²) in [5.41, 5.74) is 2.53. The van der Waals surface area contributed by atoms with Crippen molar-refractivity contribution >= 4 is 11.6 Å². The number of fused-ring (bicyclic) bond motifs is 2. The summed E-state index contributed by atoms with van der Waals surface area (Å²) in [4.78, 5) is 16.7. The number of para-hydroxylation sites is 1. The van der Waals surface area contributed by atoms with Gasteiger partial charge in [-0.1, -0.05) is 18.2 Å². The van der Waals surface area contributed by atoms with Gasteiger partial charge < -0.3 is 14.5 Å². The monoisotopic (exact) mass is 307 g/mol. The summed E-state index contributed by atoms with van der Waals surface area (Å²) in [6.07, 6.45) is 5.41. The Morgan fingerprint density at radius 3 is 3.13 bits per heavy atom. The molecule has 5 nitrogen and oxygen atoms in total. The second-order valence-electron chi connectivity index (χ2n) is 5.83. The van der Waals surface area contributed by atoms with Crippen LogP contribution in [0.2, 0.25) is 0 Å². The number of rotatable bonds is 3. The predicted octanol–water partition coefficient (Wildman–Crippen LogP) is 2.63. The van der Waals surface area contributed by atoms with Crippen LogP contribution in [0.3, 0.4) is 0 Å². The summed E-state index contributed by atoms with van der Waals surface area (Å²) < 4.78 is 7.58. The van der Waals surface area contributed by atoms with Crippen LogP contribution in [0.25, 0.3) is 5.65 Å². The van der Waals surface area contributed by atoms with Crippen molar-refractivity contribution in [2.45, 2.75) is 18.9 Å². The normalized spacial score (nSPS) is 17.5. The first-order valence-electron chi connectivity index (χ1n) is 7.68. The highest BCUT2D eigenvalue weighted by atomic mass is 16.5. The molecule has 23 heavy (non-hydrogen) atoms. The number of imidazole rings is 1. The van der Waals surface area contributed by atoms with E-state index in [1.54, 1.807) is 18.3 Å². The molecule has 116 valence electrons. The molecule has 3 heterocycles. The Morgan fingerprint density at radius 1 is 1.35 bits per heavy atom. The minimum absolute atomic E-state index is 0.0119. The molecule has 1 aliphatic rings. The Bertz CT molecular complexity index is 871. The van der Waals surface area contributed by atoms with E-state index in [-0.39, 0.29) is 17.9 Å². The number of nitrogens with one attached hydrogen (secondary N) is 1. The number of hydrogen-bond donors (Lipinski definition) is 1. The van der Waals surface area contributed by atoms with Crippen molar-refractivity contribution in [3.05, 3.63) is 66.1 Å². The third-order valence-corrected chi connectivity index (χ3v) is 4.36. The first-order valence-corrected chi connectivity index (χ1v) is 7.68. The van der Waals surface area contributed by atoms with E-state index in [4.69, 9.17) is 4.74 Å². The Morgan fingerprint density at radius 2 is 2.22 bits per heavy atom. The molecule has 0 aliphatic carbocycles. The van der Waals surface area contributed by atoms with E-state index >= 15 is 0 Å². The van der Waals surface area contributed by atoms with Gasteiger partial charge in [0.1, 0.15) is 11.4 Å². The van der Waals surface area contributed by atoms with Gasteiger partial charge in [0.2, 0.25) is 0 Å². The van der Waals surface area contributed by atoms with Crippen LogP contribution >= 0.6 is 0 Å². The van der Waals surface area contributed by atoms with Gasteiger partial charge in [0.25, 0.3) is 5.91 Å². The molecule has 1 aliphatic heterocycles. The van der Waals surface area contributed by atoms with Gasteiger partial charge in [-0.25, -0.2) is 4.98 Å². The Balaban J connectivity index is 1.52. The fraction of sp³-hybridized carbons (Fsp3) is 0.222. The van der Waals surface area contributed by atoms with Gasteiger partial charge in [-0.3, -0.25) is 4.79 Å². The van der Waals surface area contributed by atoms with E-state index in [1.807, 2.05) is 41.9 Å². The first kappa shape index (κ1) is 13.8. The summed E-state index contributed by atoms with van der Waals surface area (Å²) in [6, 6.07) is 11.6. The van der Waals surface area contributed by atoms with Crippen molar-refractivity contribution in [3.63, 3.8) is 0 Å². The number of carbonyl (C=O) groups is 1. The fourth-order valence-corrected chi connectivity index (χ4v) is 3.04. The van der Waals surface area contributed by atoms with Crippen LogP contribution in [0.15, 0.2) is 55.0 Å². The molecule has 1 amide bonds. The summed E-state index contributed by atoms with van der Waals surface area (Å²) in [5.74, 6) is 0.995. The van der Waals surface area contributed by atoms with Gasteiger partial charge in [-0.15, -0.1) is 0 Å². The molecule has 0 radical (unpaired) electrons. The maximum absolute atomic E-state index is 12.5. The number of pyridine rings is 1. The SMILES string of the molecule is C[C@@H](NC(=O)c1ccn2ccnc2c1)[C@@H]1COc2ccccc21. The van der Waals surface area contributed by atoms with Gasteiger partial charge in [0, 0.05) is 41.7 Å². The smallest absolute Gasteiger partial charge is 0.251 e. The molecule has 5 heteroatoms. The van der Waals surface area contributed by atoms with Crippen molar-refractivity contribution in [2.75, 3.05) is 6.61 Å². The van der Waals surface area contributed by atoms with Gasteiger partial charge in [0.05, 0.1) is 6.61 Å². The van der Waals surface area contributed by atoms with E-state index in [0.717, 1.165) is 17.0 Å². The lowest BCUT2D eigenvalue weighted by Crippen LogP contribution is -2.37. The molecule has 0 fully saturated rings. The van der Waals surface area contributed by atoms with Crippen LogP contribution in [0.1, 0.15) is 28.8 Å². The van der Waals surface area contributed by atoms with Crippen LogP contribution in [0, 0.1) is 0 Å². The molecule has 2 aromatic heterocycles. The standard InChI is InChI=1S/C18H17N3O2/c1-12(15-11-23-16-5-3-2-4-14(15)16)20-18(22)13-6-8-21-9-7-19-17(21)10-13/h2-10,12,15H,11H2,1H3,(H,20,22)/t12-,15+/m1/s1. The summed E-state index contributed by atoms with van der Waals surface area (Å²) in [5, 5.41) is 3.08. The van der Waals surface area contributed by atoms with Gasteiger partial charge in [-0.05, 0) is 25.1 Å². The van der Waals surface area contributed by atoms with Crippen LogP contribution in [0.4, 0.5) is 0 Å². The number of nitrogens with zero attached hydrogens (tertiary/aromatic N) is 2. The zero-order valence-electron chi connectivity index (χ0n) is 12.8. The maximum atomic E-state index is 12.5. The molecule has 4 rings (SSSR count). The molecule has 0 spiro atoms. The van der Waals surface area contributed by atoms with Crippen LogP contribution in [-0.2, 0) is 0 Å². The lowest BCUT2D eigenvalue weighted by molar-refractivity contribution is 0.0932. The molecule has 1 N–H and O–H groups in total. The number of amides is 1. The third kappa shape index (κ3) is 2.44. The van der Waals surface area contributed by atoms with E-state index in [9.17, 15) is 4.79 Å². The highest BCUT2D eigenvalue weighted by Gasteiger charge is 2.29. The maximum Gasteiger partial charge on any atom is 0.251 e. The first-order chi connectivity index (χ1) is 11.2. The molecular formula is C18H17N3O2. The number of carbonyl (C=O) groups excluding carboxylic acids is 1. The Labute approximate surface area is 133 Å². The Kier molecular flexibility index (Phi) is 3.26. The van der Waals surface area contributed by atoms with E-state index in [1.165, 1.54) is 0 Å². The lowest BCUT2D eigenvalue weighted by Gasteiger charge is -2.20. The molecule has 2 atom stereocenters. The van der Waals surface area contributed by atoms with Crippen LogP contribution in [-0.4, -0.2) is 27.9 Å². The largest absolute Gasteiger partial charge is 0.493 e. The fourth-order valence-electron chi connectivity index (χ4n) is 3.04. The van der Waals surface area contributed by atoms with Crippen molar-refractivity contribution in [1.82, 2.24) is 14.7 Å². The highest BCUT2D eigenvalue weighted by Crippen LogP contribution is 2.35. The van der Waals surface area contributed by atoms with Crippen LogP contribution < -0.4 is 10.1 Å². The third-order valence-electron chi connectivity index (χ3n) is 4.36. The van der Waals surface area contributed by atoms with Crippen LogP contribution in [0.5, 0.6) is 5.75 Å². The minimum atomic E-state index is -0.0904. The molecular weight excluding hydrogens is 290 g/mol. The Hall–Kier alpha value is -2.82. The second-order valence-corrected chi connectivity index (χ2v) is 5.83. The minimum Gasteiger partial charge on any atom is -0.493 e. The molecule has 3 aromatic rings. The molecule has 0 unspecified atom stereocenters. The average molecular weight is 307 g/mol. The van der Waals surface area contributed by atoms with Crippen molar-refractivity contribution in [3.8, 4) is 5.75 Å². The van der Waals surface area contributed by atoms with E-state index in [2.05, 4.69) is 16.4 Å². The van der Waals surface area contributed by atoms with Crippen molar-refractivity contribution in [2.24, 2.45) is 0 Å². The topological polar surface area (TPSA) is 55.6 Å². The zero-order chi connectivity index (χ0) is 15.8. The molecule has 0 saturated heterocycles. The quantitative estimate of drug-likeness (QED) is 0.809. The number of ether oxygens (including phenoxy) is 1. The van der Waals surface area contributed by atoms with Gasteiger partial charge in [0.15, 0.2) is 0 Å². The van der Waals surface area contributed by atoms with E-state index < -0.39 is 0 Å².